The van der Waals surface area contributed by atoms with Gasteiger partial charge in [-0.05, 0) is 19.1 Å². The summed E-state index contributed by atoms with van der Waals surface area (Å²) in [7, 11) is 0. The molecule has 0 atom stereocenters. The zero-order valence-corrected chi connectivity index (χ0v) is 15.3. The Kier molecular flexibility index (Phi) is 4.62. The third-order valence-electron chi connectivity index (χ3n) is 4.78. The summed E-state index contributed by atoms with van der Waals surface area (Å²) in [5, 5.41) is 4.11. The Morgan fingerprint density at radius 2 is 2.08 bits per heavy atom. The summed E-state index contributed by atoms with van der Waals surface area (Å²) in [5.41, 5.74) is 0.757. The Labute approximate surface area is 154 Å². The Balaban J connectivity index is 1.93. The Morgan fingerprint density at radius 1 is 1.31 bits per heavy atom. The van der Waals surface area contributed by atoms with E-state index in [4.69, 9.17) is 4.74 Å². The molecule has 3 heterocycles. The molecule has 1 aromatic heterocycles. The van der Waals surface area contributed by atoms with E-state index in [-0.39, 0.29) is 17.6 Å². The van der Waals surface area contributed by atoms with Crippen molar-refractivity contribution >= 4 is 34.3 Å². The van der Waals surface area contributed by atoms with Crippen LogP contribution >= 0.6 is 11.8 Å². The van der Waals surface area contributed by atoms with E-state index in [1.165, 1.54) is 17.8 Å². The van der Waals surface area contributed by atoms with Crippen molar-refractivity contribution in [2.45, 2.75) is 18.5 Å². The third-order valence-corrected chi connectivity index (χ3v) is 5.86. The molecule has 0 spiro atoms. The number of aromatic nitrogens is 1. The van der Waals surface area contributed by atoms with Gasteiger partial charge in [-0.2, -0.15) is 0 Å². The number of aryl methyl sites for hydroxylation is 1. The van der Waals surface area contributed by atoms with Crippen LogP contribution in [0.15, 0.2) is 22.0 Å². The van der Waals surface area contributed by atoms with E-state index in [1.807, 2.05) is 9.47 Å². The molecule has 0 aliphatic carbocycles. The van der Waals surface area contributed by atoms with Gasteiger partial charge in [-0.25, -0.2) is 9.18 Å². The number of hydrogen-bond donors (Lipinski definition) is 1. The molecule has 1 N–H and O–H groups in total. The van der Waals surface area contributed by atoms with Gasteiger partial charge in [-0.1, -0.05) is 0 Å². The van der Waals surface area contributed by atoms with Crippen molar-refractivity contribution in [3.8, 4) is 0 Å². The van der Waals surface area contributed by atoms with E-state index in [2.05, 4.69) is 5.32 Å². The standard InChI is InChI=1S/C18H20FN3O3S/c1-2-25-18(24)15-16(23)11-9-12(19)14(21-5-3-20-4-6-21)10-13(11)22-7-8-26-17(15)22/h9-10,20H,2-8H2,1H3. The number of piperazine rings is 1. The van der Waals surface area contributed by atoms with Crippen molar-refractivity contribution in [1.29, 1.82) is 0 Å². The Morgan fingerprint density at radius 3 is 2.81 bits per heavy atom. The van der Waals surface area contributed by atoms with E-state index < -0.39 is 17.2 Å². The predicted octanol–water partition coefficient (Wildman–Crippen LogP) is 1.83. The number of nitrogens with zero attached hydrogens (tertiary/aromatic N) is 2. The second-order valence-corrected chi connectivity index (χ2v) is 7.37. The van der Waals surface area contributed by atoms with Gasteiger partial charge in [0, 0.05) is 43.9 Å². The molecule has 138 valence electrons. The summed E-state index contributed by atoms with van der Waals surface area (Å²) >= 11 is 1.47. The van der Waals surface area contributed by atoms with E-state index >= 15 is 0 Å². The minimum absolute atomic E-state index is 0.0242. The zero-order valence-electron chi connectivity index (χ0n) is 14.5. The maximum Gasteiger partial charge on any atom is 0.344 e. The lowest BCUT2D eigenvalue weighted by Gasteiger charge is -2.30. The zero-order chi connectivity index (χ0) is 18.3. The molecule has 4 rings (SSSR count). The summed E-state index contributed by atoms with van der Waals surface area (Å²) in [6, 6.07) is 3.02. The highest BCUT2D eigenvalue weighted by Crippen LogP contribution is 2.34. The number of carbonyl (C=O) groups excluding carboxylic acids is 1. The minimum atomic E-state index is -0.635. The number of anilines is 1. The van der Waals surface area contributed by atoms with Crippen LogP contribution in [0.1, 0.15) is 17.3 Å². The summed E-state index contributed by atoms with van der Waals surface area (Å²) in [6.45, 7) is 5.60. The minimum Gasteiger partial charge on any atom is -0.462 e. The van der Waals surface area contributed by atoms with Crippen LogP contribution < -0.4 is 15.6 Å². The van der Waals surface area contributed by atoms with Crippen molar-refractivity contribution in [2.75, 3.05) is 43.4 Å². The molecular weight excluding hydrogens is 357 g/mol. The number of ether oxygens (including phenoxy) is 1. The number of rotatable bonds is 3. The molecule has 1 aromatic carbocycles. The first-order chi connectivity index (χ1) is 12.6. The highest BCUT2D eigenvalue weighted by molar-refractivity contribution is 7.99. The van der Waals surface area contributed by atoms with Gasteiger partial charge in [0.05, 0.1) is 22.8 Å². The van der Waals surface area contributed by atoms with E-state index in [0.717, 1.165) is 31.9 Å². The summed E-state index contributed by atoms with van der Waals surface area (Å²) in [6.07, 6.45) is 0. The number of thioether (sulfide) groups is 1. The first-order valence-corrected chi connectivity index (χ1v) is 9.76. The SMILES string of the molecule is CCOC(=O)c1c2n(c3cc(N4CCNCC4)c(F)cc3c1=O)CCS2. The van der Waals surface area contributed by atoms with Crippen LogP contribution in [0.2, 0.25) is 0 Å². The van der Waals surface area contributed by atoms with E-state index in [1.54, 1.807) is 13.0 Å². The van der Waals surface area contributed by atoms with Crippen LogP contribution in [0, 0.1) is 5.82 Å². The van der Waals surface area contributed by atoms with Crippen molar-refractivity contribution in [3.05, 3.63) is 33.7 Å². The fourth-order valence-corrected chi connectivity index (χ4v) is 4.70. The van der Waals surface area contributed by atoms with Crippen LogP contribution in [0.3, 0.4) is 0 Å². The first kappa shape index (κ1) is 17.4. The molecular formula is C18H20FN3O3S. The van der Waals surface area contributed by atoms with Gasteiger partial charge in [0.2, 0.25) is 5.43 Å². The first-order valence-electron chi connectivity index (χ1n) is 8.77. The van der Waals surface area contributed by atoms with Crippen molar-refractivity contribution < 1.29 is 13.9 Å². The van der Waals surface area contributed by atoms with Gasteiger partial charge in [0.1, 0.15) is 11.4 Å². The van der Waals surface area contributed by atoms with Crippen LogP contribution in [0.5, 0.6) is 0 Å². The van der Waals surface area contributed by atoms with Gasteiger partial charge in [-0.3, -0.25) is 4.79 Å². The molecule has 6 nitrogen and oxygen atoms in total. The fraction of sp³-hybridized carbons (Fsp3) is 0.444. The summed E-state index contributed by atoms with van der Waals surface area (Å²) in [4.78, 5) is 27.2. The van der Waals surface area contributed by atoms with Crippen LogP contribution in [-0.2, 0) is 11.3 Å². The number of fused-ring (bicyclic) bond motifs is 3. The lowest BCUT2D eigenvalue weighted by molar-refractivity contribution is 0.0519. The number of pyridine rings is 1. The quantitative estimate of drug-likeness (QED) is 0.824. The second kappa shape index (κ2) is 6.92. The topological polar surface area (TPSA) is 63.6 Å². The van der Waals surface area contributed by atoms with Crippen LogP contribution in [0.4, 0.5) is 10.1 Å². The van der Waals surface area contributed by atoms with Gasteiger partial charge >= 0.3 is 5.97 Å². The molecule has 2 aromatic rings. The van der Waals surface area contributed by atoms with E-state index in [0.29, 0.717) is 22.8 Å². The smallest absolute Gasteiger partial charge is 0.344 e. The molecule has 26 heavy (non-hydrogen) atoms. The van der Waals surface area contributed by atoms with E-state index in [9.17, 15) is 14.0 Å². The number of nitrogens with one attached hydrogen (secondary N) is 1. The molecule has 8 heteroatoms. The lowest BCUT2D eigenvalue weighted by Crippen LogP contribution is -2.43. The molecule has 0 bridgehead atoms. The van der Waals surface area contributed by atoms with Crippen molar-refractivity contribution in [1.82, 2.24) is 9.88 Å². The Bertz CT molecular complexity index is 938. The van der Waals surface area contributed by atoms with Crippen LogP contribution in [0.25, 0.3) is 10.9 Å². The predicted molar refractivity (Wildman–Crippen MR) is 99.9 cm³/mol. The fourth-order valence-electron chi connectivity index (χ4n) is 3.57. The second-order valence-electron chi connectivity index (χ2n) is 6.29. The third kappa shape index (κ3) is 2.77. The summed E-state index contributed by atoms with van der Waals surface area (Å²) < 4.78 is 21.8. The molecule has 2 aliphatic rings. The molecule has 0 saturated carbocycles. The summed E-state index contributed by atoms with van der Waals surface area (Å²) in [5.74, 6) is -0.299. The maximum absolute atomic E-state index is 14.8. The molecule has 0 unspecified atom stereocenters. The molecule has 0 amide bonds. The largest absolute Gasteiger partial charge is 0.462 e. The van der Waals surface area contributed by atoms with Crippen LogP contribution in [-0.4, -0.2) is 49.1 Å². The van der Waals surface area contributed by atoms with Gasteiger partial charge in [0.25, 0.3) is 0 Å². The lowest BCUT2D eigenvalue weighted by atomic mass is 10.1. The molecule has 2 aliphatic heterocycles. The van der Waals surface area contributed by atoms with Crippen molar-refractivity contribution in [3.63, 3.8) is 0 Å². The maximum atomic E-state index is 14.8. The number of halogens is 1. The highest BCUT2D eigenvalue weighted by Gasteiger charge is 2.28. The normalized spacial score (nSPS) is 16.8. The van der Waals surface area contributed by atoms with Gasteiger partial charge in [0.15, 0.2) is 0 Å². The monoisotopic (exact) mass is 377 g/mol. The number of carbonyl (C=O) groups is 1. The highest BCUT2D eigenvalue weighted by atomic mass is 32.2. The average Bonchev–Trinajstić information content (AvgIpc) is 3.12. The number of hydrogen-bond acceptors (Lipinski definition) is 6. The van der Waals surface area contributed by atoms with Gasteiger partial charge in [-0.15, -0.1) is 11.8 Å². The number of esters is 1. The average molecular weight is 377 g/mol. The molecule has 1 saturated heterocycles. The van der Waals surface area contributed by atoms with Gasteiger partial charge < -0.3 is 19.5 Å². The number of benzene rings is 1. The van der Waals surface area contributed by atoms with Crippen molar-refractivity contribution in [2.24, 2.45) is 0 Å². The Hall–Kier alpha value is -2.06. The molecule has 0 radical (unpaired) electrons. The molecule has 1 fully saturated rings.